The van der Waals surface area contributed by atoms with Crippen LogP contribution < -0.4 is 10.5 Å². The molecule has 19 heavy (non-hydrogen) atoms. The summed E-state index contributed by atoms with van der Waals surface area (Å²) >= 11 is 1.31. The summed E-state index contributed by atoms with van der Waals surface area (Å²) in [6.07, 6.45) is -4.36. The third-order valence-electron chi connectivity index (χ3n) is 2.22. The average Bonchev–Trinajstić information content (AvgIpc) is 2.76. The molecule has 2 rings (SSSR count). The second kappa shape index (κ2) is 6.27. The molecule has 0 aliphatic carbocycles. The molecule has 0 saturated carbocycles. The van der Waals surface area contributed by atoms with Crippen LogP contribution in [-0.2, 0) is 12.7 Å². The first-order valence-electron chi connectivity index (χ1n) is 5.13. The fraction of sp³-hybridized carbons (Fsp3) is 0.167. The summed E-state index contributed by atoms with van der Waals surface area (Å²) in [7, 11) is 0. The third-order valence-corrected chi connectivity index (χ3v) is 3.20. The van der Waals surface area contributed by atoms with Crippen molar-refractivity contribution in [2.75, 3.05) is 0 Å². The Morgan fingerprint density at radius 2 is 1.89 bits per heavy atom. The van der Waals surface area contributed by atoms with E-state index in [1.54, 1.807) is 12.1 Å². The second-order valence-electron chi connectivity index (χ2n) is 3.55. The zero-order valence-corrected chi connectivity index (χ0v) is 11.2. The molecule has 1 aromatic carbocycles. The van der Waals surface area contributed by atoms with Gasteiger partial charge in [-0.3, -0.25) is 0 Å². The van der Waals surface area contributed by atoms with Crippen molar-refractivity contribution in [2.24, 2.45) is 5.73 Å². The molecule has 104 valence electrons. The third kappa shape index (κ3) is 4.12. The molecule has 0 amide bonds. The van der Waals surface area contributed by atoms with Crippen molar-refractivity contribution in [3.63, 3.8) is 0 Å². The zero-order valence-electron chi connectivity index (χ0n) is 9.61. The maximum atomic E-state index is 12.5. The largest absolute Gasteiger partial charge is 0.447 e. The molecule has 0 spiro atoms. The highest BCUT2D eigenvalue weighted by Gasteiger charge is 2.30. The lowest BCUT2D eigenvalue weighted by Gasteiger charge is -2.08. The molecule has 0 atom stereocenters. The normalized spacial score (nSPS) is 10.9. The van der Waals surface area contributed by atoms with Crippen molar-refractivity contribution in [2.45, 2.75) is 12.7 Å². The molecule has 0 aliphatic rings. The topological polar surface area (TPSA) is 35.2 Å². The van der Waals surface area contributed by atoms with Gasteiger partial charge in [0.25, 0.3) is 0 Å². The predicted octanol–water partition coefficient (Wildman–Crippen LogP) is 4.44. The Balaban J connectivity index is 0.00000180. The van der Waals surface area contributed by atoms with E-state index in [1.165, 1.54) is 23.5 Å². The minimum Gasteiger partial charge on any atom is -0.447 e. The van der Waals surface area contributed by atoms with Crippen molar-refractivity contribution in [3.05, 3.63) is 46.8 Å². The standard InChI is InChI=1S/C12H10F3NOS.ClH/c13-12(14,15)8-2-1-3-9(6-8)17-11-5-4-10(7-16)18-11;/h1-6H,7,16H2;1H. The first-order valence-corrected chi connectivity index (χ1v) is 5.94. The summed E-state index contributed by atoms with van der Waals surface area (Å²) in [5.41, 5.74) is 4.72. The van der Waals surface area contributed by atoms with Crippen LogP contribution in [0.25, 0.3) is 0 Å². The number of benzene rings is 1. The summed E-state index contributed by atoms with van der Waals surface area (Å²) < 4.78 is 42.8. The molecule has 0 aliphatic heterocycles. The van der Waals surface area contributed by atoms with Gasteiger partial charge in [0, 0.05) is 11.4 Å². The van der Waals surface area contributed by atoms with Crippen LogP contribution in [0.3, 0.4) is 0 Å². The Bertz CT molecular complexity index is 542. The first kappa shape index (κ1) is 15.8. The van der Waals surface area contributed by atoms with E-state index in [0.717, 1.165) is 17.0 Å². The van der Waals surface area contributed by atoms with Gasteiger partial charge in [-0.05, 0) is 30.3 Å². The van der Waals surface area contributed by atoms with E-state index >= 15 is 0 Å². The molecule has 0 saturated heterocycles. The lowest BCUT2D eigenvalue weighted by molar-refractivity contribution is -0.137. The van der Waals surface area contributed by atoms with Crippen LogP contribution in [0.4, 0.5) is 13.2 Å². The highest BCUT2D eigenvalue weighted by atomic mass is 35.5. The molecule has 1 heterocycles. The van der Waals surface area contributed by atoms with Gasteiger partial charge in [-0.2, -0.15) is 13.2 Å². The summed E-state index contributed by atoms with van der Waals surface area (Å²) in [5.74, 6) is 0.162. The van der Waals surface area contributed by atoms with E-state index in [1.807, 2.05) is 0 Å². The zero-order chi connectivity index (χ0) is 13.2. The van der Waals surface area contributed by atoms with E-state index in [4.69, 9.17) is 10.5 Å². The Morgan fingerprint density at radius 3 is 2.47 bits per heavy atom. The molecule has 0 radical (unpaired) electrons. The minimum absolute atomic E-state index is 0. The van der Waals surface area contributed by atoms with Crippen molar-refractivity contribution in [1.29, 1.82) is 0 Å². The van der Waals surface area contributed by atoms with Crippen LogP contribution in [0.1, 0.15) is 10.4 Å². The van der Waals surface area contributed by atoms with Gasteiger partial charge in [0.1, 0.15) is 5.75 Å². The van der Waals surface area contributed by atoms with Gasteiger partial charge in [0.15, 0.2) is 5.06 Å². The number of nitrogens with two attached hydrogens (primary N) is 1. The predicted molar refractivity (Wildman–Crippen MR) is 71.0 cm³/mol. The highest BCUT2D eigenvalue weighted by molar-refractivity contribution is 7.13. The van der Waals surface area contributed by atoms with Crippen molar-refractivity contribution in [3.8, 4) is 10.8 Å². The smallest absolute Gasteiger partial charge is 0.416 e. The number of ether oxygens (including phenoxy) is 1. The van der Waals surface area contributed by atoms with Crippen LogP contribution in [0, 0.1) is 0 Å². The molecule has 7 heteroatoms. The van der Waals surface area contributed by atoms with Crippen LogP contribution in [0.2, 0.25) is 0 Å². The average molecular weight is 310 g/mol. The van der Waals surface area contributed by atoms with Gasteiger partial charge in [0.05, 0.1) is 5.56 Å². The maximum Gasteiger partial charge on any atom is 0.416 e. The maximum absolute atomic E-state index is 12.5. The highest BCUT2D eigenvalue weighted by Crippen LogP contribution is 2.34. The Morgan fingerprint density at radius 1 is 1.16 bits per heavy atom. The fourth-order valence-corrected chi connectivity index (χ4v) is 2.13. The number of halogens is 4. The van der Waals surface area contributed by atoms with Gasteiger partial charge in [-0.1, -0.05) is 6.07 Å². The van der Waals surface area contributed by atoms with E-state index < -0.39 is 11.7 Å². The molecular formula is C12H11ClF3NOS. The SMILES string of the molecule is Cl.NCc1ccc(Oc2cccc(C(F)(F)F)c2)s1. The summed E-state index contributed by atoms with van der Waals surface area (Å²) in [6.45, 7) is 0.386. The van der Waals surface area contributed by atoms with Crippen molar-refractivity contribution >= 4 is 23.7 Å². The van der Waals surface area contributed by atoms with Crippen LogP contribution in [0.5, 0.6) is 10.8 Å². The summed E-state index contributed by atoms with van der Waals surface area (Å²) in [5, 5.41) is 0.523. The Hall–Kier alpha value is -1.24. The lowest BCUT2D eigenvalue weighted by atomic mass is 10.2. The number of thiophene rings is 1. The molecule has 0 bridgehead atoms. The van der Waals surface area contributed by atoms with E-state index in [9.17, 15) is 13.2 Å². The van der Waals surface area contributed by atoms with Gasteiger partial charge in [0.2, 0.25) is 0 Å². The second-order valence-corrected chi connectivity index (χ2v) is 4.68. The van der Waals surface area contributed by atoms with E-state index in [0.29, 0.717) is 11.6 Å². The molecule has 2 N–H and O–H groups in total. The minimum atomic E-state index is -4.36. The van der Waals surface area contributed by atoms with Gasteiger partial charge >= 0.3 is 6.18 Å². The molecule has 1 aromatic heterocycles. The van der Waals surface area contributed by atoms with Crippen molar-refractivity contribution in [1.82, 2.24) is 0 Å². The summed E-state index contributed by atoms with van der Waals surface area (Å²) in [4.78, 5) is 0.914. The number of alkyl halides is 3. The van der Waals surface area contributed by atoms with Gasteiger partial charge < -0.3 is 10.5 Å². The monoisotopic (exact) mass is 309 g/mol. The van der Waals surface area contributed by atoms with Gasteiger partial charge in [-0.25, -0.2) is 0 Å². The molecular weight excluding hydrogens is 299 g/mol. The van der Waals surface area contributed by atoms with Crippen LogP contribution in [-0.4, -0.2) is 0 Å². The quantitative estimate of drug-likeness (QED) is 0.909. The van der Waals surface area contributed by atoms with E-state index in [2.05, 4.69) is 0 Å². The van der Waals surface area contributed by atoms with Crippen molar-refractivity contribution < 1.29 is 17.9 Å². The summed E-state index contributed by atoms with van der Waals surface area (Å²) in [6, 6.07) is 8.25. The molecule has 2 aromatic rings. The fourth-order valence-electron chi connectivity index (χ4n) is 1.37. The first-order chi connectivity index (χ1) is 8.49. The van der Waals surface area contributed by atoms with Gasteiger partial charge in [-0.15, -0.1) is 23.7 Å². The Labute approximate surface area is 118 Å². The number of hydrogen-bond acceptors (Lipinski definition) is 3. The molecule has 0 fully saturated rings. The lowest BCUT2D eigenvalue weighted by Crippen LogP contribution is -2.04. The van der Waals surface area contributed by atoms with Crippen LogP contribution in [0.15, 0.2) is 36.4 Å². The number of rotatable bonds is 3. The molecule has 2 nitrogen and oxygen atoms in total. The Kier molecular flexibility index (Phi) is 5.22. The van der Waals surface area contributed by atoms with E-state index in [-0.39, 0.29) is 18.2 Å². The van der Waals surface area contributed by atoms with Crippen LogP contribution >= 0.6 is 23.7 Å². The molecule has 0 unspecified atom stereocenters. The number of hydrogen-bond donors (Lipinski definition) is 1.